The molecule has 3 rings (SSSR count). The summed E-state index contributed by atoms with van der Waals surface area (Å²) in [4.78, 5) is 6.50. The van der Waals surface area contributed by atoms with Gasteiger partial charge in [-0.25, -0.2) is 9.67 Å². The van der Waals surface area contributed by atoms with Crippen molar-refractivity contribution >= 4 is 17.2 Å². The highest BCUT2D eigenvalue weighted by Crippen LogP contribution is 2.30. The Morgan fingerprint density at radius 3 is 2.65 bits per heavy atom. The van der Waals surface area contributed by atoms with Crippen LogP contribution in [0.5, 0.6) is 0 Å². The van der Waals surface area contributed by atoms with E-state index < -0.39 is 11.7 Å². The molecule has 0 unspecified atom stereocenters. The Bertz CT molecular complexity index is 710. The Labute approximate surface area is 135 Å². The molecule has 122 valence electrons. The molecule has 1 saturated heterocycles. The van der Waals surface area contributed by atoms with E-state index in [-0.39, 0.29) is 5.69 Å². The maximum Gasteiger partial charge on any atom is 0.416 e. The number of halogens is 3. The Morgan fingerprint density at radius 2 is 1.96 bits per heavy atom. The van der Waals surface area contributed by atoms with Gasteiger partial charge in [-0.1, -0.05) is 18.3 Å². The summed E-state index contributed by atoms with van der Waals surface area (Å²) >= 11 is 5.34. The lowest BCUT2D eigenvalue weighted by Crippen LogP contribution is -2.40. The Kier molecular flexibility index (Phi) is 4.31. The van der Waals surface area contributed by atoms with Crippen LogP contribution >= 0.6 is 12.2 Å². The Hall–Kier alpha value is -2.00. The van der Waals surface area contributed by atoms with Gasteiger partial charge in [-0.15, -0.1) is 5.10 Å². The van der Waals surface area contributed by atoms with Crippen molar-refractivity contribution in [2.24, 2.45) is 0 Å². The summed E-state index contributed by atoms with van der Waals surface area (Å²) in [5, 5.41) is 4.19. The average Bonchev–Trinajstić information content (AvgIpc) is 3.04. The summed E-state index contributed by atoms with van der Waals surface area (Å²) in [5.41, 5.74) is -0.453. The highest BCUT2D eigenvalue weighted by Gasteiger charge is 2.30. The Morgan fingerprint density at radius 1 is 1.22 bits per heavy atom. The summed E-state index contributed by atoms with van der Waals surface area (Å²) in [5.74, 6) is 0.319. The molecule has 0 spiro atoms. The van der Waals surface area contributed by atoms with Crippen LogP contribution in [0, 0.1) is 0 Å². The molecule has 2 heterocycles. The van der Waals surface area contributed by atoms with Crippen LogP contribution in [0.3, 0.4) is 0 Å². The van der Waals surface area contributed by atoms with E-state index in [1.807, 2.05) is 4.90 Å². The molecule has 1 aliphatic heterocycles. The summed E-state index contributed by atoms with van der Waals surface area (Å²) < 4.78 is 44.9. The standard InChI is InChI=1S/C14H13F3N4OS/c15-14(16,17)10-2-1-3-11(8-10)21-9-18-12(19-21)13(23)20-4-6-22-7-5-20/h1-3,8-9H,4-7H2. The predicted molar refractivity (Wildman–Crippen MR) is 80.5 cm³/mol. The minimum atomic E-state index is -4.40. The van der Waals surface area contributed by atoms with Crippen LogP contribution in [0.15, 0.2) is 30.6 Å². The average molecular weight is 342 g/mol. The lowest BCUT2D eigenvalue weighted by molar-refractivity contribution is -0.137. The van der Waals surface area contributed by atoms with Gasteiger partial charge in [-0.2, -0.15) is 13.2 Å². The SMILES string of the molecule is FC(F)(F)c1cccc(-n2cnc(C(=S)N3CCOCC3)n2)c1. The number of thiocarbonyl (C=S) groups is 1. The normalized spacial score (nSPS) is 15.7. The van der Waals surface area contributed by atoms with Crippen LogP contribution in [0.4, 0.5) is 13.2 Å². The zero-order valence-electron chi connectivity index (χ0n) is 12.0. The molecular weight excluding hydrogens is 329 g/mol. The molecule has 9 heteroatoms. The van der Waals surface area contributed by atoms with E-state index in [1.54, 1.807) is 0 Å². The molecule has 0 atom stereocenters. The topological polar surface area (TPSA) is 43.2 Å². The van der Waals surface area contributed by atoms with Crippen LogP contribution in [0.2, 0.25) is 0 Å². The first kappa shape index (κ1) is 15.9. The van der Waals surface area contributed by atoms with Crippen molar-refractivity contribution in [3.63, 3.8) is 0 Å². The third-order valence-electron chi connectivity index (χ3n) is 3.42. The van der Waals surface area contributed by atoms with E-state index in [2.05, 4.69) is 10.1 Å². The fourth-order valence-electron chi connectivity index (χ4n) is 2.22. The second-order valence-corrected chi connectivity index (χ2v) is 5.35. The molecule has 0 radical (unpaired) electrons. The summed E-state index contributed by atoms with van der Waals surface area (Å²) in [6, 6.07) is 4.90. The van der Waals surface area contributed by atoms with Gasteiger partial charge in [0, 0.05) is 13.1 Å². The van der Waals surface area contributed by atoms with Crippen molar-refractivity contribution < 1.29 is 17.9 Å². The number of hydrogen-bond acceptors (Lipinski definition) is 4. The minimum absolute atomic E-state index is 0.281. The van der Waals surface area contributed by atoms with Crippen LogP contribution in [0.1, 0.15) is 11.4 Å². The molecule has 0 bridgehead atoms. The van der Waals surface area contributed by atoms with Crippen LogP contribution < -0.4 is 0 Å². The molecule has 5 nitrogen and oxygen atoms in total. The number of benzene rings is 1. The second kappa shape index (κ2) is 6.25. The number of morpholine rings is 1. The summed E-state index contributed by atoms with van der Waals surface area (Å²) in [6.45, 7) is 2.46. The molecule has 2 aromatic rings. The van der Waals surface area contributed by atoms with Crippen molar-refractivity contribution in [3.05, 3.63) is 42.0 Å². The molecule has 0 N–H and O–H groups in total. The number of rotatable bonds is 2. The van der Waals surface area contributed by atoms with Crippen molar-refractivity contribution in [2.45, 2.75) is 6.18 Å². The highest BCUT2D eigenvalue weighted by molar-refractivity contribution is 7.80. The van der Waals surface area contributed by atoms with Gasteiger partial charge >= 0.3 is 6.18 Å². The van der Waals surface area contributed by atoms with E-state index in [1.165, 1.54) is 23.1 Å². The van der Waals surface area contributed by atoms with E-state index >= 15 is 0 Å². The molecule has 1 aliphatic rings. The van der Waals surface area contributed by atoms with Crippen molar-refractivity contribution in [1.82, 2.24) is 19.7 Å². The van der Waals surface area contributed by atoms with Crippen LogP contribution in [0.25, 0.3) is 5.69 Å². The van der Waals surface area contributed by atoms with E-state index in [0.717, 1.165) is 12.1 Å². The Balaban J connectivity index is 1.83. The number of ether oxygens (including phenoxy) is 1. The molecule has 1 aromatic carbocycles. The first-order valence-corrected chi connectivity index (χ1v) is 7.32. The smallest absolute Gasteiger partial charge is 0.378 e. The van der Waals surface area contributed by atoms with Gasteiger partial charge in [0.15, 0.2) is 0 Å². The van der Waals surface area contributed by atoms with Crippen LogP contribution in [-0.2, 0) is 10.9 Å². The number of hydrogen-bond donors (Lipinski definition) is 0. The zero-order valence-corrected chi connectivity index (χ0v) is 12.8. The molecule has 1 fully saturated rings. The first-order chi connectivity index (χ1) is 10.9. The lowest BCUT2D eigenvalue weighted by Gasteiger charge is -2.27. The van der Waals surface area contributed by atoms with E-state index in [0.29, 0.717) is 37.1 Å². The minimum Gasteiger partial charge on any atom is -0.378 e. The maximum absolute atomic E-state index is 12.8. The number of alkyl halides is 3. The third kappa shape index (κ3) is 3.50. The molecule has 23 heavy (non-hydrogen) atoms. The number of aromatic nitrogens is 3. The monoisotopic (exact) mass is 342 g/mol. The fraction of sp³-hybridized carbons (Fsp3) is 0.357. The molecule has 0 aliphatic carbocycles. The van der Waals surface area contributed by atoms with Gasteiger partial charge in [0.1, 0.15) is 11.3 Å². The van der Waals surface area contributed by atoms with Crippen LogP contribution in [-0.4, -0.2) is 51.0 Å². The molecular formula is C14H13F3N4OS. The maximum atomic E-state index is 12.8. The van der Waals surface area contributed by atoms with Crippen molar-refractivity contribution in [3.8, 4) is 5.69 Å². The largest absolute Gasteiger partial charge is 0.416 e. The second-order valence-electron chi connectivity index (χ2n) is 4.97. The fourth-order valence-corrected chi connectivity index (χ4v) is 2.49. The van der Waals surface area contributed by atoms with Gasteiger partial charge in [0.2, 0.25) is 5.82 Å². The van der Waals surface area contributed by atoms with Gasteiger partial charge < -0.3 is 9.64 Å². The molecule has 0 amide bonds. The predicted octanol–water partition coefficient (Wildman–Crippen LogP) is 2.29. The molecule has 1 aromatic heterocycles. The summed E-state index contributed by atoms with van der Waals surface area (Å²) in [7, 11) is 0. The van der Waals surface area contributed by atoms with E-state index in [4.69, 9.17) is 17.0 Å². The third-order valence-corrected chi connectivity index (χ3v) is 3.86. The van der Waals surface area contributed by atoms with Crippen molar-refractivity contribution in [1.29, 1.82) is 0 Å². The van der Waals surface area contributed by atoms with Crippen molar-refractivity contribution in [2.75, 3.05) is 26.3 Å². The molecule has 0 saturated carbocycles. The quantitative estimate of drug-likeness (QED) is 0.784. The van der Waals surface area contributed by atoms with Gasteiger partial charge in [-0.3, -0.25) is 0 Å². The first-order valence-electron chi connectivity index (χ1n) is 6.91. The highest BCUT2D eigenvalue weighted by atomic mass is 32.1. The zero-order chi connectivity index (χ0) is 16.4. The number of nitrogens with zero attached hydrogens (tertiary/aromatic N) is 4. The van der Waals surface area contributed by atoms with Gasteiger partial charge in [-0.05, 0) is 18.2 Å². The van der Waals surface area contributed by atoms with Gasteiger partial charge in [0.25, 0.3) is 0 Å². The van der Waals surface area contributed by atoms with Gasteiger partial charge in [0.05, 0.1) is 24.5 Å². The lowest BCUT2D eigenvalue weighted by atomic mass is 10.2. The summed E-state index contributed by atoms with van der Waals surface area (Å²) in [6.07, 6.45) is -3.04. The van der Waals surface area contributed by atoms with E-state index in [9.17, 15) is 13.2 Å².